The molecule has 5 heteroatoms. The Balaban J connectivity index is 1.80. The Kier molecular flexibility index (Phi) is 5.29. The maximum atomic E-state index is 12.2. The zero-order chi connectivity index (χ0) is 19.7. The molecule has 2 N–H and O–H groups in total. The van der Waals surface area contributed by atoms with Crippen LogP contribution in [0.5, 0.6) is 0 Å². The highest BCUT2D eigenvalue weighted by atomic mass is 16.1. The summed E-state index contributed by atoms with van der Waals surface area (Å²) < 4.78 is 2.44. The van der Waals surface area contributed by atoms with Gasteiger partial charge in [-0.25, -0.2) is 0 Å². The number of benzene rings is 1. The molecule has 0 spiro atoms. The average Bonchev–Trinajstić information content (AvgIpc) is 3.00. The predicted molar refractivity (Wildman–Crippen MR) is 112 cm³/mol. The van der Waals surface area contributed by atoms with Gasteiger partial charge >= 0.3 is 0 Å². The van der Waals surface area contributed by atoms with Crippen molar-refractivity contribution in [1.29, 1.82) is 0 Å². The van der Waals surface area contributed by atoms with Gasteiger partial charge in [-0.1, -0.05) is 17.7 Å². The molecule has 0 saturated carbocycles. The van der Waals surface area contributed by atoms with Crippen LogP contribution in [0.15, 0.2) is 42.7 Å². The highest BCUT2D eigenvalue weighted by Crippen LogP contribution is 2.34. The second-order valence-corrected chi connectivity index (χ2v) is 7.97. The Morgan fingerprint density at radius 1 is 1.32 bits per heavy atom. The second-order valence-electron chi connectivity index (χ2n) is 7.97. The number of carbonyl (C=O) groups is 1. The molecule has 5 nitrogen and oxygen atoms in total. The summed E-state index contributed by atoms with van der Waals surface area (Å²) >= 11 is 0. The first-order chi connectivity index (χ1) is 13.6. The van der Waals surface area contributed by atoms with Crippen LogP contribution in [-0.2, 0) is 24.3 Å². The Morgan fingerprint density at radius 2 is 2.18 bits per heavy atom. The van der Waals surface area contributed by atoms with Crippen LogP contribution in [0.1, 0.15) is 34.7 Å². The van der Waals surface area contributed by atoms with Crippen molar-refractivity contribution in [2.45, 2.75) is 38.8 Å². The highest BCUT2D eigenvalue weighted by Gasteiger charge is 2.25. The molecule has 1 aliphatic rings. The molecule has 0 aliphatic carbocycles. The van der Waals surface area contributed by atoms with Crippen LogP contribution in [0.4, 0.5) is 0 Å². The van der Waals surface area contributed by atoms with Crippen LogP contribution < -0.4 is 5.73 Å². The molecule has 0 saturated heterocycles. The highest BCUT2D eigenvalue weighted by molar-refractivity contribution is 5.86. The Bertz CT molecular complexity index is 993. The molecule has 3 heterocycles. The molecule has 0 bridgehead atoms. The summed E-state index contributed by atoms with van der Waals surface area (Å²) in [6.07, 6.45) is 5.13. The quantitative estimate of drug-likeness (QED) is 0.718. The minimum atomic E-state index is 0.0745. The molecule has 2 aromatic heterocycles. The number of aromatic nitrogens is 2. The molecule has 0 fully saturated rings. The fourth-order valence-electron chi connectivity index (χ4n) is 4.39. The topological polar surface area (TPSA) is 64.1 Å². The van der Waals surface area contributed by atoms with Gasteiger partial charge < -0.3 is 15.2 Å². The minimum absolute atomic E-state index is 0.0745. The van der Waals surface area contributed by atoms with E-state index in [9.17, 15) is 4.79 Å². The number of nitrogens with zero attached hydrogens (tertiary/aromatic N) is 3. The average molecular weight is 377 g/mol. The van der Waals surface area contributed by atoms with Crippen molar-refractivity contribution < 1.29 is 4.79 Å². The van der Waals surface area contributed by atoms with Crippen LogP contribution in [0.25, 0.3) is 10.9 Å². The number of nitrogens with two attached hydrogens (primary N) is 1. The maximum absolute atomic E-state index is 12.2. The van der Waals surface area contributed by atoms with Gasteiger partial charge in [0.1, 0.15) is 5.78 Å². The molecular formula is C23H28N4O. The van der Waals surface area contributed by atoms with Gasteiger partial charge in [0, 0.05) is 67.4 Å². The standard InChI is InChI=1S/C23H28N4O/c1-16-5-6-22-20(10-16)21-15-26(2)9-7-23(21)27(22)14-18(11-19(28)12-24)17-4-3-8-25-13-17/h3-6,8,10,13,18H,7,9,11-12,14-15,24H2,1-2H3. The maximum Gasteiger partial charge on any atom is 0.147 e. The third kappa shape index (κ3) is 3.60. The molecule has 1 atom stereocenters. The lowest BCUT2D eigenvalue weighted by atomic mass is 9.94. The van der Waals surface area contributed by atoms with Gasteiger partial charge in [0.05, 0.1) is 6.54 Å². The largest absolute Gasteiger partial charge is 0.344 e. The lowest BCUT2D eigenvalue weighted by molar-refractivity contribution is -0.118. The first-order valence-electron chi connectivity index (χ1n) is 9.97. The van der Waals surface area contributed by atoms with E-state index in [-0.39, 0.29) is 18.2 Å². The van der Waals surface area contributed by atoms with Gasteiger partial charge in [0.2, 0.25) is 0 Å². The van der Waals surface area contributed by atoms with Crippen molar-refractivity contribution in [2.24, 2.45) is 5.73 Å². The number of pyridine rings is 1. The third-order valence-corrected chi connectivity index (χ3v) is 5.86. The summed E-state index contributed by atoms with van der Waals surface area (Å²) in [6.45, 7) is 5.04. The van der Waals surface area contributed by atoms with Gasteiger partial charge in [-0.15, -0.1) is 0 Å². The molecule has 0 radical (unpaired) electrons. The summed E-state index contributed by atoms with van der Waals surface area (Å²) in [6, 6.07) is 10.7. The van der Waals surface area contributed by atoms with E-state index in [1.54, 1.807) is 6.20 Å². The number of fused-ring (bicyclic) bond motifs is 3. The summed E-state index contributed by atoms with van der Waals surface area (Å²) in [5.74, 6) is 0.167. The summed E-state index contributed by atoms with van der Waals surface area (Å²) in [5.41, 5.74) is 12.1. The number of Topliss-reactive ketones (excluding diaryl/α,β-unsaturated/α-hetero) is 1. The van der Waals surface area contributed by atoms with Crippen molar-refractivity contribution in [2.75, 3.05) is 20.1 Å². The zero-order valence-corrected chi connectivity index (χ0v) is 16.7. The minimum Gasteiger partial charge on any atom is -0.344 e. The molecule has 3 aromatic rings. The van der Waals surface area contributed by atoms with Gasteiger partial charge in [-0.05, 0) is 43.3 Å². The second kappa shape index (κ2) is 7.86. The fraction of sp³-hybridized carbons (Fsp3) is 0.391. The summed E-state index contributed by atoms with van der Waals surface area (Å²) in [7, 11) is 2.18. The summed E-state index contributed by atoms with van der Waals surface area (Å²) in [5, 5.41) is 1.34. The van der Waals surface area contributed by atoms with Crippen LogP contribution in [-0.4, -0.2) is 40.4 Å². The number of aryl methyl sites for hydroxylation is 1. The van der Waals surface area contributed by atoms with E-state index >= 15 is 0 Å². The lowest BCUT2D eigenvalue weighted by Gasteiger charge is -2.26. The van der Waals surface area contributed by atoms with Gasteiger partial charge in [-0.3, -0.25) is 9.78 Å². The molecular weight excluding hydrogens is 348 g/mol. The SMILES string of the molecule is Cc1ccc2c(c1)c1c(n2CC(CC(=O)CN)c2cccnc2)CCN(C)C1. The number of likely N-dealkylation sites (N-methyl/N-ethyl adjacent to an activating group) is 1. The molecule has 4 rings (SSSR count). The van der Waals surface area contributed by atoms with Gasteiger partial charge in [0.25, 0.3) is 0 Å². The van der Waals surface area contributed by atoms with Crippen molar-refractivity contribution >= 4 is 16.7 Å². The van der Waals surface area contributed by atoms with Crippen LogP contribution in [0.3, 0.4) is 0 Å². The van der Waals surface area contributed by atoms with E-state index in [4.69, 9.17) is 5.73 Å². The normalized spacial score (nSPS) is 15.5. The van der Waals surface area contributed by atoms with E-state index < -0.39 is 0 Å². The monoisotopic (exact) mass is 376 g/mol. The molecule has 28 heavy (non-hydrogen) atoms. The van der Waals surface area contributed by atoms with Crippen LogP contribution in [0.2, 0.25) is 0 Å². The van der Waals surface area contributed by atoms with Crippen LogP contribution >= 0.6 is 0 Å². The number of rotatable bonds is 6. The van der Waals surface area contributed by atoms with Gasteiger partial charge in [0.15, 0.2) is 0 Å². The fourth-order valence-corrected chi connectivity index (χ4v) is 4.39. The van der Waals surface area contributed by atoms with Crippen molar-refractivity contribution in [1.82, 2.24) is 14.5 Å². The lowest BCUT2D eigenvalue weighted by Crippen LogP contribution is -2.28. The van der Waals surface area contributed by atoms with E-state index in [0.717, 1.165) is 31.6 Å². The van der Waals surface area contributed by atoms with E-state index in [2.05, 4.69) is 52.7 Å². The molecule has 1 aliphatic heterocycles. The van der Waals surface area contributed by atoms with Crippen LogP contribution in [0, 0.1) is 6.92 Å². The van der Waals surface area contributed by atoms with Crippen molar-refractivity contribution in [3.8, 4) is 0 Å². The van der Waals surface area contributed by atoms with E-state index in [1.807, 2.05) is 12.3 Å². The molecule has 1 aromatic carbocycles. The predicted octanol–water partition coefficient (Wildman–Crippen LogP) is 3.03. The van der Waals surface area contributed by atoms with E-state index in [0.29, 0.717) is 6.42 Å². The first kappa shape index (κ1) is 18.8. The number of ketones is 1. The third-order valence-electron chi connectivity index (χ3n) is 5.86. The number of carbonyl (C=O) groups excluding carboxylic acids is 1. The smallest absolute Gasteiger partial charge is 0.147 e. The zero-order valence-electron chi connectivity index (χ0n) is 16.7. The first-order valence-corrected chi connectivity index (χ1v) is 9.97. The number of hydrogen-bond acceptors (Lipinski definition) is 4. The van der Waals surface area contributed by atoms with E-state index in [1.165, 1.54) is 27.7 Å². The molecule has 0 amide bonds. The Morgan fingerprint density at radius 3 is 2.93 bits per heavy atom. The van der Waals surface area contributed by atoms with Crippen molar-refractivity contribution in [3.63, 3.8) is 0 Å². The molecule has 1 unspecified atom stereocenters. The van der Waals surface area contributed by atoms with Crippen molar-refractivity contribution in [3.05, 3.63) is 65.1 Å². The Hall–Kier alpha value is -2.50. The Labute approximate surface area is 166 Å². The number of hydrogen-bond donors (Lipinski definition) is 1. The van der Waals surface area contributed by atoms with Gasteiger partial charge in [-0.2, -0.15) is 0 Å². The summed E-state index contributed by atoms with van der Waals surface area (Å²) in [4.78, 5) is 18.9. The molecule has 146 valence electrons.